The van der Waals surface area contributed by atoms with Crippen LogP contribution >= 0.6 is 11.6 Å². The van der Waals surface area contributed by atoms with Crippen LogP contribution in [0.2, 0.25) is 5.02 Å². The van der Waals surface area contributed by atoms with Crippen molar-refractivity contribution in [2.24, 2.45) is 0 Å². The van der Waals surface area contributed by atoms with Gasteiger partial charge >= 0.3 is 0 Å². The highest BCUT2D eigenvalue weighted by molar-refractivity contribution is 7.90. The lowest BCUT2D eigenvalue weighted by molar-refractivity contribution is 0.102. The van der Waals surface area contributed by atoms with Crippen LogP contribution in [-0.4, -0.2) is 20.6 Å². The summed E-state index contributed by atoms with van der Waals surface area (Å²) in [5.74, 6) is -4.97. The first-order valence-corrected chi connectivity index (χ1v) is 8.32. The van der Waals surface area contributed by atoms with E-state index >= 15 is 0 Å². The first kappa shape index (κ1) is 17.3. The van der Waals surface area contributed by atoms with Crippen LogP contribution in [0, 0.1) is 17.5 Å². The standard InChI is InChI=1S/C14H9ClF3NO3S/c1-23(21,22)8-4-2-7(3-5-8)14(20)19-13-10(17)6-9(16)11(15)12(13)18/h2-6H,1H3,(H,19,20). The largest absolute Gasteiger partial charge is 0.317 e. The highest BCUT2D eigenvalue weighted by Crippen LogP contribution is 2.28. The molecule has 0 saturated heterocycles. The van der Waals surface area contributed by atoms with E-state index in [1.54, 1.807) is 0 Å². The van der Waals surface area contributed by atoms with E-state index in [9.17, 15) is 26.4 Å². The molecule has 0 aliphatic carbocycles. The number of rotatable bonds is 3. The molecular formula is C14H9ClF3NO3S. The van der Waals surface area contributed by atoms with Crippen molar-refractivity contribution in [2.45, 2.75) is 4.90 Å². The maximum Gasteiger partial charge on any atom is 0.255 e. The summed E-state index contributed by atoms with van der Waals surface area (Å²) in [6.07, 6.45) is 0.993. The number of anilines is 1. The molecule has 2 rings (SSSR count). The molecule has 1 amide bonds. The number of amides is 1. The van der Waals surface area contributed by atoms with Gasteiger partial charge in [-0.3, -0.25) is 4.79 Å². The van der Waals surface area contributed by atoms with E-state index in [-0.39, 0.29) is 10.5 Å². The number of carbonyl (C=O) groups excluding carboxylic acids is 1. The number of hydrogen-bond donors (Lipinski definition) is 1. The van der Waals surface area contributed by atoms with Crippen molar-refractivity contribution in [3.63, 3.8) is 0 Å². The van der Waals surface area contributed by atoms with Crippen LogP contribution in [0.4, 0.5) is 18.9 Å². The molecule has 122 valence electrons. The van der Waals surface area contributed by atoms with Gasteiger partial charge in [0.1, 0.15) is 16.5 Å². The fourth-order valence-corrected chi connectivity index (χ4v) is 2.50. The van der Waals surface area contributed by atoms with E-state index in [2.05, 4.69) is 0 Å². The summed E-state index contributed by atoms with van der Waals surface area (Å²) in [4.78, 5) is 11.9. The summed E-state index contributed by atoms with van der Waals surface area (Å²) in [7, 11) is -3.44. The molecule has 23 heavy (non-hydrogen) atoms. The number of sulfone groups is 1. The average Bonchev–Trinajstić information content (AvgIpc) is 2.48. The van der Waals surface area contributed by atoms with Crippen LogP contribution in [0.3, 0.4) is 0 Å². The van der Waals surface area contributed by atoms with Crippen LogP contribution in [0.5, 0.6) is 0 Å². The minimum Gasteiger partial charge on any atom is -0.317 e. The topological polar surface area (TPSA) is 63.2 Å². The molecular weight excluding hydrogens is 355 g/mol. The Hall–Kier alpha value is -2.06. The normalized spacial score (nSPS) is 11.3. The summed E-state index contributed by atoms with van der Waals surface area (Å²) in [6.45, 7) is 0. The van der Waals surface area contributed by atoms with E-state index < -0.39 is 43.9 Å². The van der Waals surface area contributed by atoms with E-state index in [1.807, 2.05) is 5.32 Å². The van der Waals surface area contributed by atoms with Crippen LogP contribution in [0.1, 0.15) is 10.4 Å². The van der Waals surface area contributed by atoms with Gasteiger partial charge in [-0.15, -0.1) is 0 Å². The highest BCUT2D eigenvalue weighted by Gasteiger charge is 2.20. The molecule has 0 fully saturated rings. The van der Waals surface area contributed by atoms with Gasteiger partial charge in [0.05, 0.1) is 4.90 Å². The Labute approximate surface area is 134 Å². The molecule has 0 bridgehead atoms. The molecule has 0 aromatic heterocycles. The van der Waals surface area contributed by atoms with Crippen molar-refractivity contribution in [1.29, 1.82) is 0 Å². The Bertz CT molecular complexity index is 883. The number of halogens is 4. The number of hydrogen-bond acceptors (Lipinski definition) is 3. The molecule has 0 unspecified atom stereocenters. The molecule has 9 heteroatoms. The summed E-state index contributed by atoms with van der Waals surface area (Å²) in [6, 6.07) is 5.04. The minimum atomic E-state index is -3.44. The lowest BCUT2D eigenvalue weighted by Gasteiger charge is -2.09. The fraction of sp³-hybridized carbons (Fsp3) is 0.0714. The maximum atomic E-state index is 13.7. The van der Waals surface area contributed by atoms with E-state index in [1.165, 1.54) is 24.3 Å². The Kier molecular flexibility index (Phi) is 4.67. The van der Waals surface area contributed by atoms with Crippen molar-refractivity contribution in [3.8, 4) is 0 Å². The van der Waals surface area contributed by atoms with Crippen molar-refractivity contribution >= 4 is 33.0 Å². The van der Waals surface area contributed by atoms with Crippen molar-refractivity contribution < 1.29 is 26.4 Å². The molecule has 2 aromatic carbocycles. The van der Waals surface area contributed by atoms with Crippen molar-refractivity contribution in [3.05, 3.63) is 58.4 Å². The zero-order chi connectivity index (χ0) is 17.4. The third-order valence-electron chi connectivity index (χ3n) is 2.90. The van der Waals surface area contributed by atoms with Gasteiger partial charge in [0.2, 0.25) is 0 Å². The molecule has 0 spiro atoms. The molecule has 0 saturated carbocycles. The Morgan fingerprint density at radius 2 is 1.65 bits per heavy atom. The predicted octanol–water partition coefficient (Wildman–Crippen LogP) is 3.41. The average molecular weight is 364 g/mol. The van der Waals surface area contributed by atoms with Gasteiger partial charge in [0.25, 0.3) is 5.91 Å². The smallest absolute Gasteiger partial charge is 0.255 e. The molecule has 2 aromatic rings. The van der Waals surface area contributed by atoms with Crippen LogP contribution in [0.15, 0.2) is 35.2 Å². The van der Waals surface area contributed by atoms with Crippen molar-refractivity contribution in [2.75, 3.05) is 11.6 Å². The number of carbonyl (C=O) groups is 1. The van der Waals surface area contributed by atoms with Gasteiger partial charge in [0.15, 0.2) is 21.5 Å². The Morgan fingerprint density at radius 1 is 1.09 bits per heavy atom. The molecule has 0 atom stereocenters. The summed E-state index contributed by atoms with van der Waals surface area (Å²) >= 11 is 5.32. The summed E-state index contributed by atoms with van der Waals surface area (Å²) in [5.41, 5.74) is -0.940. The van der Waals surface area contributed by atoms with Gasteiger partial charge in [-0.2, -0.15) is 0 Å². The fourth-order valence-electron chi connectivity index (χ4n) is 1.72. The van der Waals surface area contributed by atoms with Crippen LogP contribution < -0.4 is 5.32 Å². The van der Waals surface area contributed by atoms with Gasteiger partial charge in [-0.1, -0.05) is 11.6 Å². The van der Waals surface area contributed by atoms with Gasteiger partial charge in [-0.25, -0.2) is 21.6 Å². The highest BCUT2D eigenvalue weighted by atomic mass is 35.5. The van der Waals surface area contributed by atoms with E-state index in [0.29, 0.717) is 6.07 Å². The second-order valence-electron chi connectivity index (χ2n) is 4.59. The zero-order valence-electron chi connectivity index (χ0n) is 11.5. The van der Waals surface area contributed by atoms with E-state index in [4.69, 9.17) is 11.6 Å². The predicted molar refractivity (Wildman–Crippen MR) is 78.8 cm³/mol. The molecule has 0 aliphatic rings. The lowest BCUT2D eigenvalue weighted by atomic mass is 10.2. The molecule has 0 aliphatic heterocycles. The van der Waals surface area contributed by atoms with Crippen LogP contribution in [0.25, 0.3) is 0 Å². The SMILES string of the molecule is CS(=O)(=O)c1ccc(C(=O)Nc2c(F)cc(F)c(Cl)c2F)cc1. The summed E-state index contributed by atoms with van der Waals surface area (Å²) in [5, 5.41) is 0.982. The first-order valence-electron chi connectivity index (χ1n) is 6.05. The van der Waals surface area contributed by atoms with E-state index in [0.717, 1.165) is 6.26 Å². The van der Waals surface area contributed by atoms with Crippen molar-refractivity contribution in [1.82, 2.24) is 0 Å². The second kappa shape index (κ2) is 6.21. The number of nitrogens with one attached hydrogen (secondary N) is 1. The second-order valence-corrected chi connectivity index (χ2v) is 6.99. The monoisotopic (exact) mass is 363 g/mol. The maximum absolute atomic E-state index is 13.7. The van der Waals surface area contributed by atoms with Crippen LogP contribution in [-0.2, 0) is 9.84 Å². The lowest BCUT2D eigenvalue weighted by Crippen LogP contribution is -2.15. The zero-order valence-corrected chi connectivity index (χ0v) is 13.1. The van der Waals surface area contributed by atoms with Gasteiger partial charge < -0.3 is 5.32 Å². The third-order valence-corrected chi connectivity index (χ3v) is 4.37. The number of benzene rings is 2. The minimum absolute atomic E-state index is 0.0174. The first-order chi connectivity index (χ1) is 10.6. The third kappa shape index (κ3) is 3.65. The summed E-state index contributed by atoms with van der Waals surface area (Å²) < 4.78 is 63.0. The quantitative estimate of drug-likeness (QED) is 0.671. The molecule has 0 heterocycles. The van der Waals surface area contributed by atoms with Gasteiger partial charge in [-0.05, 0) is 24.3 Å². The molecule has 1 N–H and O–H groups in total. The molecule has 4 nitrogen and oxygen atoms in total. The molecule has 0 radical (unpaired) electrons. The Morgan fingerprint density at radius 3 is 2.17 bits per heavy atom. The van der Waals surface area contributed by atoms with Gasteiger partial charge in [0, 0.05) is 17.9 Å². The Balaban J connectivity index is 2.32.